The first kappa shape index (κ1) is 21.8. The van der Waals surface area contributed by atoms with E-state index in [0.29, 0.717) is 12.8 Å². The number of carbonyl (C=O) groups excluding carboxylic acids is 1. The molecule has 0 saturated carbocycles. The van der Waals surface area contributed by atoms with Crippen LogP contribution in [0.2, 0.25) is 0 Å². The highest BCUT2D eigenvalue weighted by atomic mass is 16.5. The lowest BCUT2D eigenvalue weighted by Gasteiger charge is -2.25. The lowest BCUT2D eigenvalue weighted by Crippen LogP contribution is -2.32. The third kappa shape index (κ3) is 12.0. The van der Waals surface area contributed by atoms with Crippen molar-refractivity contribution in [2.45, 2.75) is 89.6 Å². The molecule has 1 heterocycles. The van der Waals surface area contributed by atoms with Crippen molar-refractivity contribution in [2.24, 2.45) is 0 Å². The van der Waals surface area contributed by atoms with Gasteiger partial charge in [-0.25, -0.2) is 0 Å². The van der Waals surface area contributed by atoms with E-state index in [4.69, 9.17) is 14.9 Å². The molecule has 4 N–H and O–H groups in total. The van der Waals surface area contributed by atoms with Gasteiger partial charge in [-0.05, 0) is 19.3 Å². The van der Waals surface area contributed by atoms with Crippen molar-refractivity contribution in [1.82, 2.24) is 0 Å². The summed E-state index contributed by atoms with van der Waals surface area (Å²) >= 11 is 0. The molecule has 136 valence electrons. The summed E-state index contributed by atoms with van der Waals surface area (Å²) in [5.41, 5.74) is 0. The van der Waals surface area contributed by atoms with Crippen LogP contribution in [0.15, 0.2) is 0 Å². The highest BCUT2D eigenvalue weighted by molar-refractivity contribution is 5.70. The second-order valence-corrected chi connectivity index (χ2v) is 5.92. The third-order valence-electron chi connectivity index (χ3n) is 3.42. The normalized spacial score (nSPS) is 23.3. The highest BCUT2D eigenvalue weighted by Gasteiger charge is 2.26. The summed E-state index contributed by atoms with van der Waals surface area (Å²) in [6.07, 6.45) is 1.91. The smallest absolute Gasteiger partial charge is 0.308 e. The molecule has 0 amide bonds. The first-order chi connectivity index (χ1) is 10.8. The van der Waals surface area contributed by atoms with Gasteiger partial charge in [0.15, 0.2) is 0 Å². The van der Waals surface area contributed by atoms with Gasteiger partial charge in [-0.2, -0.15) is 0 Å². The number of esters is 1. The summed E-state index contributed by atoms with van der Waals surface area (Å²) in [5, 5.41) is 35.7. The molecule has 1 aliphatic rings. The van der Waals surface area contributed by atoms with Crippen LogP contribution < -0.4 is 0 Å². The highest BCUT2D eigenvalue weighted by Crippen LogP contribution is 2.18. The minimum absolute atomic E-state index is 0.0451. The molecule has 3 unspecified atom stereocenters. The van der Waals surface area contributed by atoms with Crippen molar-refractivity contribution < 1.29 is 34.8 Å². The first-order valence-electron chi connectivity index (χ1n) is 8.23. The average molecular weight is 334 g/mol. The Bertz CT molecular complexity index is 345. The summed E-state index contributed by atoms with van der Waals surface area (Å²) in [4.78, 5) is 20.9. The fourth-order valence-electron chi connectivity index (χ4n) is 2.41. The Labute approximate surface area is 137 Å². The molecule has 7 heteroatoms. The van der Waals surface area contributed by atoms with E-state index in [1.165, 1.54) is 0 Å². The maximum Gasteiger partial charge on any atom is 0.308 e. The van der Waals surface area contributed by atoms with Gasteiger partial charge >= 0.3 is 11.9 Å². The number of aliphatic hydroxyl groups excluding tert-OH is 3. The largest absolute Gasteiger partial charge is 0.481 e. The molecule has 1 aliphatic heterocycles. The van der Waals surface area contributed by atoms with Crippen molar-refractivity contribution in [1.29, 1.82) is 0 Å². The number of hydrogen-bond acceptors (Lipinski definition) is 6. The zero-order valence-electron chi connectivity index (χ0n) is 14.0. The van der Waals surface area contributed by atoms with Crippen LogP contribution in [0.25, 0.3) is 0 Å². The van der Waals surface area contributed by atoms with Gasteiger partial charge in [-0.3, -0.25) is 9.59 Å². The van der Waals surface area contributed by atoms with Gasteiger partial charge in [-0.1, -0.05) is 26.7 Å². The van der Waals surface area contributed by atoms with Crippen LogP contribution in [-0.4, -0.2) is 56.8 Å². The number of rotatable bonds is 8. The number of carbonyl (C=O) groups is 2. The molecule has 0 aliphatic carbocycles. The Kier molecular flexibility index (Phi) is 11.6. The van der Waals surface area contributed by atoms with Crippen LogP contribution in [0.3, 0.4) is 0 Å². The Hall–Kier alpha value is -1.18. The molecule has 0 spiro atoms. The fraction of sp³-hybridized carbons (Fsp3) is 0.875. The van der Waals surface area contributed by atoms with Crippen LogP contribution in [0, 0.1) is 0 Å². The Morgan fingerprint density at radius 2 is 1.91 bits per heavy atom. The minimum Gasteiger partial charge on any atom is -0.481 e. The zero-order valence-corrected chi connectivity index (χ0v) is 14.0. The van der Waals surface area contributed by atoms with Crippen molar-refractivity contribution in [3.8, 4) is 0 Å². The molecule has 0 aromatic rings. The summed E-state index contributed by atoms with van der Waals surface area (Å²) < 4.78 is 5.00. The second kappa shape index (κ2) is 12.3. The van der Waals surface area contributed by atoms with E-state index < -0.39 is 24.3 Å². The van der Waals surface area contributed by atoms with E-state index in [1.54, 1.807) is 0 Å². The van der Waals surface area contributed by atoms with Crippen LogP contribution in [0.4, 0.5) is 0 Å². The van der Waals surface area contributed by atoms with Crippen LogP contribution in [0.1, 0.15) is 65.2 Å². The van der Waals surface area contributed by atoms with Crippen molar-refractivity contribution in [3.05, 3.63) is 0 Å². The van der Waals surface area contributed by atoms with E-state index in [2.05, 4.69) is 0 Å². The molecule has 0 aromatic heterocycles. The zero-order chi connectivity index (χ0) is 17.8. The molecule has 23 heavy (non-hydrogen) atoms. The molecule has 0 radical (unpaired) electrons. The number of cyclic esters (lactones) is 1. The van der Waals surface area contributed by atoms with Gasteiger partial charge in [0.05, 0.1) is 31.2 Å². The van der Waals surface area contributed by atoms with Crippen molar-refractivity contribution in [3.63, 3.8) is 0 Å². The second-order valence-electron chi connectivity index (χ2n) is 5.92. The van der Waals surface area contributed by atoms with Crippen molar-refractivity contribution in [2.75, 3.05) is 0 Å². The maximum absolute atomic E-state index is 10.8. The topological polar surface area (TPSA) is 124 Å². The molecule has 0 aromatic carbocycles. The van der Waals surface area contributed by atoms with E-state index in [0.717, 1.165) is 19.3 Å². The molecule has 1 saturated heterocycles. The number of hydrogen-bond donors (Lipinski definition) is 4. The SMILES string of the molecule is CCCC(O)CC(O)CC(=O)O.CCCC1C[C@@H](O)CC(=O)O1. The van der Waals surface area contributed by atoms with E-state index in [-0.39, 0.29) is 31.3 Å². The summed E-state index contributed by atoms with van der Waals surface area (Å²) in [7, 11) is 0. The predicted molar refractivity (Wildman–Crippen MR) is 83.8 cm³/mol. The molecular weight excluding hydrogens is 304 g/mol. The third-order valence-corrected chi connectivity index (χ3v) is 3.42. The molecule has 0 bridgehead atoms. The molecular formula is C16H30O7. The van der Waals surface area contributed by atoms with Gasteiger partial charge in [-0.15, -0.1) is 0 Å². The average Bonchev–Trinajstić information content (AvgIpc) is 2.37. The van der Waals surface area contributed by atoms with Crippen LogP contribution >= 0.6 is 0 Å². The Morgan fingerprint density at radius 3 is 2.39 bits per heavy atom. The minimum atomic E-state index is -1.04. The lowest BCUT2D eigenvalue weighted by atomic mass is 10.0. The summed E-state index contributed by atoms with van der Waals surface area (Å²) in [6, 6.07) is 0. The van der Waals surface area contributed by atoms with Crippen LogP contribution in [0.5, 0.6) is 0 Å². The Balaban J connectivity index is 0.000000422. The fourth-order valence-corrected chi connectivity index (χ4v) is 2.41. The lowest BCUT2D eigenvalue weighted by molar-refractivity contribution is -0.160. The van der Waals surface area contributed by atoms with Gasteiger partial charge < -0.3 is 25.2 Å². The van der Waals surface area contributed by atoms with Crippen LogP contribution in [-0.2, 0) is 14.3 Å². The summed E-state index contributed by atoms with van der Waals surface area (Å²) in [6.45, 7) is 3.96. The number of aliphatic carboxylic acids is 1. The summed E-state index contributed by atoms with van der Waals surface area (Å²) in [5.74, 6) is -1.30. The van der Waals surface area contributed by atoms with Gasteiger partial charge in [0, 0.05) is 6.42 Å². The molecule has 1 fully saturated rings. The van der Waals surface area contributed by atoms with Gasteiger partial charge in [0.1, 0.15) is 6.10 Å². The maximum atomic E-state index is 10.8. The number of aliphatic hydroxyl groups is 3. The van der Waals surface area contributed by atoms with Crippen molar-refractivity contribution >= 4 is 11.9 Å². The molecule has 4 atom stereocenters. The molecule has 7 nitrogen and oxygen atoms in total. The Morgan fingerprint density at radius 1 is 1.26 bits per heavy atom. The quantitative estimate of drug-likeness (QED) is 0.492. The van der Waals surface area contributed by atoms with E-state index in [1.807, 2.05) is 13.8 Å². The predicted octanol–water partition coefficient (Wildman–Crippen LogP) is 1.23. The van der Waals surface area contributed by atoms with E-state index in [9.17, 15) is 19.8 Å². The molecule has 1 rings (SSSR count). The number of ether oxygens (including phenoxy) is 1. The standard InChI is InChI=1S/C8H16O4.C8H14O3/c1-2-3-6(9)4-7(10)5-8(11)12;1-2-3-7-4-6(9)5-8(10)11-7/h6-7,9-10H,2-5H2,1H3,(H,11,12);6-7,9H,2-5H2,1H3/t;6-,7?/m.1/s1. The van der Waals surface area contributed by atoms with E-state index >= 15 is 0 Å². The number of carboxylic acids is 1. The monoisotopic (exact) mass is 334 g/mol. The van der Waals surface area contributed by atoms with Gasteiger partial charge in [0.25, 0.3) is 0 Å². The first-order valence-corrected chi connectivity index (χ1v) is 8.23. The number of carboxylic acid groups (broad SMARTS) is 1. The van der Waals surface area contributed by atoms with Gasteiger partial charge in [0.2, 0.25) is 0 Å².